The molecule has 2 fully saturated rings. The maximum atomic E-state index is 11.2. The van der Waals surface area contributed by atoms with Gasteiger partial charge in [0.1, 0.15) is 0 Å². The summed E-state index contributed by atoms with van der Waals surface area (Å²) in [5, 5.41) is 2.85. The highest BCUT2D eigenvalue weighted by Gasteiger charge is 2.50. The van der Waals surface area contributed by atoms with Crippen molar-refractivity contribution in [2.75, 3.05) is 11.5 Å². The summed E-state index contributed by atoms with van der Waals surface area (Å²) in [6, 6.07) is -0.249. The number of fused-ring (bicyclic) bond motifs is 1. The van der Waals surface area contributed by atoms with E-state index >= 15 is 0 Å². The molecule has 0 aliphatic carbocycles. The normalized spacial score (nSPS) is 41.2. The van der Waals surface area contributed by atoms with Crippen LogP contribution in [0.4, 0.5) is 0 Å². The van der Waals surface area contributed by atoms with E-state index in [1.54, 1.807) is 0 Å². The average Bonchev–Trinajstić information content (AvgIpc) is 2.37. The van der Waals surface area contributed by atoms with Crippen LogP contribution in [0.1, 0.15) is 0 Å². The van der Waals surface area contributed by atoms with Gasteiger partial charge in [-0.25, -0.2) is 8.42 Å². The van der Waals surface area contributed by atoms with Gasteiger partial charge in [-0.2, -0.15) is 0 Å². The average molecular weight is 281 g/mol. The molecule has 4 nitrogen and oxygen atoms in total. The van der Waals surface area contributed by atoms with Crippen molar-refractivity contribution < 1.29 is 13.2 Å². The standard InChI is InChI=1S/C6H8Cl3NO3S/c7-6(8,9)5-10-3-1-14(11,12)2-4(3)13-5/h3-5,10H,1-2H2/t3-,4+,5+/m0/s1. The predicted molar refractivity (Wildman–Crippen MR) is 54.5 cm³/mol. The molecule has 0 aromatic rings. The molecule has 0 unspecified atom stereocenters. The third-order valence-corrected chi connectivity index (χ3v) is 4.57. The van der Waals surface area contributed by atoms with Crippen molar-refractivity contribution in [2.24, 2.45) is 0 Å². The van der Waals surface area contributed by atoms with Crippen molar-refractivity contribution >= 4 is 44.6 Å². The Balaban J connectivity index is 2.07. The zero-order valence-corrected chi connectivity index (χ0v) is 10.00. The molecule has 3 atom stereocenters. The Morgan fingerprint density at radius 2 is 1.93 bits per heavy atom. The summed E-state index contributed by atoms with van der Waals surface area (Å²) in [5.41, 5.74) is 0. The van der Waals surface area contributed by atoms with Gasteiger partial charge in [-0.1, -0.05) is 34.8 Å². The number of halogens is 3. The molecule has 0 saturated carbocycles. The molecule has 0 bridgehead atoms. The third-order valence-electron chi connectivity index (χ3n) is 2.27. The Hall–Kier alpha value is 0.740. The van der Waals surface area contributed by atoms with Crippen molar-refractivity contribution in [1.82, 2.24) is 5.32 Å². The first-order valence-corrected chi connectivity index (χ1v) is 6.92. The van der Waals surface area contributed by atoms with Gasteiger partial charge in [-0.05, 0) is 0 Å². The summed E-state index contributed by atoms with van der Waals surface area (Å²) in [4.78, 5) is 0. The second-order valence-electron chi connectivity index (χ2n) is 3.45. The third kappa shape index (κ3) is 2.13. The molecular formula is C6H8Cl3NO3S. The van der Waals surface area contributed by atoms with Crippen LogP contribution in [-0.2, 0) is 14.6 Å². The van der Waals surface area contributed by atoms with E-state index in [4.69, 9.17) is 39.5 Å². The maximum absolute atomic E-state index is 11.2. The number of hydrogen-bond donors (Lipinski definition) is 1. The van der Waals surface area contributed by atoms with Gasteiger partial charge in [0.05, 0.1) is 23.7 Å². The lowest BCUT2D eigenvalue weighted by Crippen LogP contribution is -2.41. The summed E-state index contributed by atoms with van der Waals surface area (Å²) >= 11 is 16.8. The van der Waals surface area contributed by atoms with E-state index in [1.165, 1.54) is 0 Å². The monoisotopic (exact) mass is 279 g/mol. The Labute approximate surface area is 96.8 Å². The minimum Gasteiger partial charge on any atom is -0.353 e. The van der Waals surface area contributed by atoms with Gasteiger partial charge in [-0.3, -0.25) is 5.32 Å². The molecule has 8 heteroatoms. The fourth-order valence-electron chi connectivity index (χ4n) is 1.69. The fraction of sp³-hybridized carbons (Fsp3) is 1.00. The highest BCUT2D eigenvalue weighted by atomic mass is 35.6. The van der Waals surface area contributed by atoms with Crippen molar-refractivity contribution in [3.05, 3.63) is 0 Å². The van der Waals surface area contributed by atoms with Gasteiger partial charge >= 0.3 is 0 Å². The largest absolute Gasteiger partial charge is 0.353 e. The topological polar surface area (TPSA) is 55.4 Å². The second-order valence-corrected chi connectivity index (χ2v) is 7.97. The zero-order chi connectivity index (χ0) is 10.6. The van der Waals surface area contributed by atoms with E-state index in [0.29, 0.717) is 0 Å². The van der Waals surface area contributed by atoms with E-state index in [2.05, 4.69) is 5.32 Å². The van der Waals surface area contributed by atoms with Crippen LogP contribution in [0, 0.1) is 0 Å². The van der Waals surface area contributed by atoms with Crippen molar-refractivity contribution in [3.63, 3.8) is 0 Å². The van der Waals surface area contributed by atoms with Crippen LogP contribution in [-0.4, -0.2) is 42.1 Å². The van der Waals surface area contributed by atoms with Gasteiger partial charge in [0, 0.05) is 0 Å². The summed E-state index contributed by atoms with van der Waals surface area (Å²) in [5.74, 6) is 0.0524. The maximum Gasteiger partial charge on any atom is 0.229 e. The Morgan fingerprint density at radius 3 is 2.43 bits per heavy atom. The summed E-state index contributed by atoms with van der Waals surface area (Å²) in [7, 11) is -2.99. The molecule has 2 saturated heterocycles. The number of rotatable bonds is 0. The van der Waals surface area contributed by atoms with Gasteiger partial charge in [0.15, 0.2) is 16.1 Å². The SMILES string of the molecule is O=S1(=O)C[C@@H]2N[C@@H](C(Cl)(Cl)Cl)O[C@@H]2C1. The van der Waals surface area contributed by atoms with E-state index in [1.807, 2.05) is 0 Å². The van der Waals surface area contributed by atoms with Crippen molar-refractivity contribution in [1.29, 1.82) is 0 Å². The van der Waals surface area contributed by atoms with Crippen LogP contribution >= 0.6 is 34.8 Å². The van der Waals surface area contributed by atoms with Gasteiger partial charge in [-0.15, -0.1) is 0 Å². The van der Waals surface area contributed by atoms with E-state index < -0.39 is 19.9 Å². The van der Waals surface area contributed by atoms with E-state index in [9.17, 15) is 8.42 Å². The number of hydrogen-bond acceptors (Lipinski definition) is 4. The van der Waals surface area contributed by atoms with E-state index in [0.717, 1.165) is 0 Å². The fourth-order valence-corrected chi connectivity index (χ4v) is 3.83. The molecule has 0 spiro atoms. The lowest BCUT2D eigenvalue weighted by atomic mass is 10.2. The number of ether oxygens (including phenoxy) is 1. The molecule has 0 aromatic heterocycles. The lowest BCUT2D eigenvalue weighted by Gasteiger charge is -2.20. The highest BCUT2D eigenvalue weighted by Crippen LogP contribution is 2.36. The highest BCUT2D eigenvalue weighted by molar-refractivity contribution is 7.91. The Bertz CT molecular complexity index is 319. The van der Waals surface area contributed by atoms with Crippen LogP contribution in [0.2, 0.25) is 0 Å². The quantitative estimate of drug-likeness (QED) is 0.655. The van der Waals surface area contributed by atoms with Crippen LogP contribution in [0.25, 0.3) is 0 Å². The molecule has 82 valence electrons. The first-order valence-electron chi connectivity index (χ1n) is 3.96. The van der Waals surface area contributed by atoms with Gasteiger partial charge in [0.25, 0.3) is 0 Å². The number of sulfone groups is 1. The summed E-state index contributed by atoms with van der Waals surface area (Å²) in [6.07, 6.45) is -1.11. The molecule has 1 N–H and O–H groups in total. The molecule has 2 rings (SSSR count). The zero-order valence-electron chi connectivity index (χ0n) is 6.91. The molecular weight excluding hydrogens is 272 g/mol. The smallest absolute Gasteiger partial charge is 0.229 e. The lowest BCUT2D eigenvalue weighted by molar-refractivity contribution is 0.0544. The van der Waals surface area contributed by atoms with Crippen LogP contribution in [0.5, 0.6) is 0 Å². The van der Waals surface area contributed by atoms with Crippen molar-refractivity contribution in [2.45, 2.75) is 22.2 Å². The van der Waals surface area contributed by atoms with Crippen LogP contribution < -0.4 is 5.32 Å². The Kier molecular flexibility index (Phi) is 2.70. The minimum absolute atomic E-state index is 0.00190. The van der Waals surface area contributed by atoms with Gasteiger partial charge in [0.2, 0.25) is 3.79 Å². The van der Waals surface area contributed by atoms with Crippen LogP contribution in [0.3, 0.4) is 0 Å². The number of nitrogens with one attached hydrogen (secondary N) is 1. The molecule has 2 aliphatic heterocycles. The van der Waals surface area contributed by atoms with Crippen LogP contribution in [0.15, 0.2) is 0 Å². The Morgan fingerprint density at radius 1 is 1.29 bits per heavy atom. The molecule has 2 heterocycles. The first-order chi connectivity index (χ1) is 6.28. The summed E-state index contributed by atoms with van der Waals surface area (Å²) in [6.45, 7) is 0. The predicted octanol–water partition coefficient (Wildman–Crippen LogP) is 0.468. The van der Waals surface area contributed by atoms with Gasteiger partial charge < -0.3 is 4.74 Å². The minimum atomic E-state index is -2.99. The number of alkyl halides is 3. The molecule has 0 aromatic carbocycles. The molecule has 0 amide bonds. The molecule has 14 heavy (non-hydrogen) atoms. The first kappa shape index (κ1) is 11.2. The van der Waals surface area contributed by atoms with Crippen molar-refractivity contribution in [3.8, 4) is 0 Å². The molecule has 0 radical (unpaired) electrons. The van der Waals surface area contributed by atoms with E-state index in [-0.39, 0.29) is 23.7 Å². The molecule has 2 aliphatic rings. The second kappa shape index (κ2) is 3.37. The summed E-state index contributed by atoms with van der Waals surface area (Å²) < 4.78 is 26.1.